The first kappa shape index (κ1) is 16.7. The lowest BCUT2D eigenvalue weighted by molar-refractivity contribution is 0.113. The third kappa shape index (κ3) is 4.44. The summed E-state index contributed by atoms with van der Waals surface area (Å²) in [6.07, 6.45) is 6.23. The van der Waals surface area contributed by atoms with Crippen molar-refractivity contribution in [3.63, 3.8) is 0 Å². The minimum atomic E-state index is -0.266. The van der Waals surface area contributed by atoms with Gasteiger partial charge < -0.3 is 15.3 Å². The molecule has 22 heavy (non-hydrogen) atoms. The summed E-state index contributed by atoms with van der Waals surface area (Å²) in [6.45, 7) is 2.70. The van der Waals surface area contributed by atoms with Crippen molar-refractivity contribution in [2.75, 3.05) is 13.6 Å². The number of aliphatic hydroxyl groups excluding tert-OH is 1. The van der Waals surface area contributed by atoms with Crippen LogP contribution in [0.15, 0.2) is 24.4 Å². The largest absolute Gasteiger partial charge is 0.393 e. The Labute approximate surface area is 132 Å². The van der Waals surface area contributed by atoms with E-state index in [4.69, 9.17) is 0 Å². The summed E-state index contributed by atoms with van der Waals surface area (Å²) in [7, 11) is 1.79. The molecule has 0 bridgehead atoms. The summed E-state index contributed by atoms with van der Waals surface area (Å²) < 4.78 is 0. The molecular formula is C17H27N3O2. The number of amides is 2. The van der Waals surface area contributed by atoms with Gasteiger partial charge in [0.15, 0.2) is 0 Å². The van der Waals surface area contributed by atoms with Crippen LogP contribution >= 0.6 is 0 Å². The minimum Gasteiger partial charge on any atom is -0.393 e. The highest BCUT2D eigenvalue weighted by Crippen LogP contribution is 2.26. The van der Waals surface area contributed by atoms with Gasteiger partial charge in [0.05, 0.1) is 17.8 Å². The van der Waals surface area contributed by atoms with Crippen LogP contribution in [0.2, 0.25) is 0 Å². The molecule has 2 rings (SSSR count). The quantitative estimate of drug-likeness (QED) is 0.849. The fourth-order valence-corrected chi connectivity index (χ4v) is 3.09. The number of urea groups is 1. The zero-order chi connectivity index (χ0) is 15.9. The molecule has 2 N–H and O–H groups in total. The molecule has 0 aliphatic heterocycles. The molecule has 5 nitrogen and oxygen atoms in total. The molecule has 0 spiro atoms. The Morgan fingerprint density at radius 2 is 2.32 bits per heavy atom. The monoisotopic (exact) mass is 305 g/mol. The fourth-order valence-electron chi connectivity index (χ4n) is 3.09. The van der Waals surface area contributed by atoms with Crippen LogP contribution in [-0.4, -0.2) is 40.7 Å². The second-order valence-electron chi connectivity index (χ2n) is 6.18. The molecule has 5 heteroatoms. The SMILES string of the molecule is CCCC(NC(=O)N(C)CC1CCCC1O)c1ccccn1. The number of pyridine rings is 1. The van der Waals surface area contributed by atoms with Crippen LogP contribution in [0.3, 0.4) is 0 Å². The molecule has 1 heterocycles. The van der Waals surface area contributed by atoms with Crippen molar-refractivity contribution >= 4 is 6.03 Å². The number of aliphatic hydroxyl groups is 1. The van der Waals surface area contributed by atoms with Crippen LogP contribution in [0.5, 0.6) is 0 Å². The van der Waals surface area contributed by atoms with Crippen molar-refractivity contribution in [2.45, 2.75) is 51.2 Å². The van der Waals surface area contributed by atoms with E-state index >= 15 is 0 Å². The van der Waals surface area contributed by atoms with Gasteiger partial charge in [-0.25, -0.2) is 4.79 Å². The molecular weight excluding hydrogens is 278 g/mol. The van der Waals surface area contributed by atoms with E-state index in [-0.39, 0.29) is 24.1 Å². The molecule has 2 amide bonds. The van der Waals surface area contributed by atoms with E-state index < -0.39 is 0 Å². The zero-order valence-electron chi connectivity index (χ0n) is 13.5. The summed E-state index contributed by atoms with van der Waals surface area (Å²) in [4.78, 5) is 18.4. The van der Waals surface area contributed by atoms with E-state index in [0.717, 1.165) is 37.8 Å². The predicted molar refractivity (Wildman–Crippen MR) is 86.4 cm³/mol. The van der Waals surface area contributed by atoms with Gasteiger partial charge >= 0.3 is 6.03 Å². The van der Waals surface area contributed by atoms with Crippen LogP contribution in [0.25, 0.3) is 0 Å². The number of hydrogen-bond acceptors (Lipinski definition) is 3. The van der Waals surface area contributed by atoms with Crippen molar-refractivity contribution < 1.29 is 9.90 Å². The summed E-state index contributed by atoms with van der Waals surface area (Å²) >= 11 is 0. The van der Waals surface area contributed by atoms with E-state index in [1.165, 1.54) is 0 Å². The standard InChI is InChI=1S/C17H27N3O2/c1-3-7-15(14-9-4-5-11-18-14)19-17(22)20(2)12-13-8-6-10-16(13)21/h4-5,9,11,13,15-16,21H,3,6-8,10,12H2,1-2H3,(H,19,22). The molecule has 0 radical (unpaired) electrons. The van der Waals surface area contributed by atoms with Gasteiger partial charge in [0.1, 0.15) is 0 Å². The zero-order valence-corrected chi connectivity index (χ0v) is 13.5. The van der Waals surface area contributed by atoms with Crippen LogP contribution < -0.4 is 5.32 Å². The Morgan fingerprint density at radius 3 is 2.91 bits per heavy atom. The Morgan fingerprint density at radius 1 is 1.50 bits per heavy atom. The Hall–Kier alpha value is -1.62. The van der Waals surface area contributed by atoms with Gasteiger partial charge in [-0.1, -0.05) is 25.8 Å². The number of carbonyl (C=O) groups is 1. The molecule has 1 fully saturated rings. The molecule has 1 aromatic rings. The first-order valence-electron chi connectivity index (χ1n) is 8.22. The Balaban J connectivity index is 1.92. The molecule has 122 valence electrons. The van der Waals surface area contributed by atoms with Crippen molar-refractivity contribution in [3.05, 3.63) is 30.1 Å². The van der Waals surface area contributed by atoms with E-state index in [0.29, 0.717) is 6.54 Å². The lowest BCUT2D eigenvalue weighted by Crippen LogP contribution is -2.42. The van der Waals surface area contributed by atoms with Crippen LogP contribution in [0.1, 0.15) is 50.8 Å². The smallest absolute Gasteiger partial charge is 0.317 e. The number of aromatic nitrogens is 1. The second kappa shape index (κ2) is 8.13. The van der Waals surface area contributed by atoms with E-state index in [9.17, 15) is 9.90 Å². The highest BCUT2D eigenvalue weighted by Gasteiger charge is 2.28. The van der Waals surface area contributed by atoms with Crippen LogP contribution in [0, 0.1) is 5.92 Å². The van der Waals surface area contributed by atoms with Gasteiger partial charge in [-0.15, -0.1) is 0 Å². The molecule has 1 saturated carbocycles. The van der Waals surface area contributed by atoms with Crippen LogP contribution in [0.4, 0.5) is 4.79 Å². The van der Waals surface area contributed by atoms with Gasteiger partial charge in [0.2, 0.25) is 0 Å². The van der Waals surface area contributed by atoms with Crippen molar-refractivity contribution in [2.24, 2.45) is 5.92 Å². The van der Waals surface area contributed by atoms with Crippen molar-refractivity contribution in [3.8, 4) is 0 Å². The van der Waals surface area contributed by atoms with Crippen molar-refractivity contribution in [1.82, 2.24) is 15.2 Å². The van der Waals surface area contributed by atoms with Crippen molar-refractivity contribution in [1.29, 1.82) is 0 Å². The Bertz CT molecular complexity index is 466. The topological polar surface area (TPSA) is 65.5 Å². The maximum atomic E-state index is 12.4. The minimum absolute atomic E-state index is 0.0605. The average Bonchev–Trinajstić information content (AvgIpc) is 2.92. The maximum Gasteiger partial charge on any atom is 0.317 e. The second-order valence-corrected chi connectivity index (χ2v) is 6.18. The fraction of sp³-hybridized carbons (Fsp3) is 0.647. The number of nitrogens with one attached hydrogen (secondary N) is 1. The lowest BCUT2D eigenvalue weighted by atomic mass is 10.1. The number of carbonyl (C=O) groups excluding carboxylic acids is 1. The van der Waals surface area contributed by atoms with Gasteiger partial charge in [-0.2, -0.15) is 0 Å². The van der Waals surface area contributed by atoms with Gasteiger partial charge in [0, 0.05) is 25.7 Å². The number of nitrogens with zero attached hydrogens (tertiary/aromatic N) is 2. The highest BCUT2D eigenvalue weighted by molar-refractivity contribution is 5.74. The Kier molecular flexibility index (Phi) is 6.19. The maximum absolute atomic E-state index is 12.4. The summed E-state index contributed by atoms with van der Waals surface area (Å²) in [6, 6.07) is 5.61. The predicted octanol–water partition coefficient (Wildman–Crippen LogP) is 2.73. The molecule has 0 aromatic carbocycles. The summed E-state index contributed by atoms with van der Waals surface area (Å²) in [5.74, 6) is 0.204. The summed E-state index contributed by atoms with van der Waals surface area (Å²) in [5.41, 5.74) is 0.895. The molecule has 1 aromatic heterocycles. The lowest BCUT2D eigenvalue weighted by Gasteiger charge is -2.26. The summed E-state index contributed by atoms with van der Waals surface area (Å²) in [5, 5.41) is 13.0. The highest BCUT2D eigenvalue weighted by atomic mass is 16.3. The van der Waals surface area contributed by atoms with Gasteiger partial charge in [0.25, 0.3) is 0 Å². The molecule has 0 saturated heterocycles. The van der Waals surface area contributed by atoms with Crippen LogP contribution in [-0.2, 0) is 0 Å². The first-order valence-corrected chi connectivity index (χ1v) is 8.22. The molecule has 1 aliphatic rings. The number of rotatable bonds is 6. The van der Waals surface area contributed by atoms with E-state index in [1.807, 2.05) is 18.2 Å². The van der Waals surface area contributed by atoms with Gasteiger partial charge in [-0.3, -0.25) is 4.98 Å². The normalized spacial score (nSPS) is 22.3. The van der Waals surface area contributed by atoms with E-state index in [2.05, 4.69) is 17.2 Å². The third-order valence-electron chi connectivity index (χ3n) is 4.39. The van der Waals surface area contributed by atoms with Gasteiger partial charge in [-0.05, 0) is 31.4 Å². The average molecular weight is 305 g/mol. The third-order valence-corrected chi connectivity index (χ3v) is 4.39. The molecule has 1 aliphatic carbocycles. The first-order chi connectivity index (χ1) is 10.6. The number of hydrogen-bond donors (Lipinski definition) is 2. The molecule has 3 atom stereocenters. The van der Waals surface area contributed by atoms with E-state index in [1.54, 1.807) is 18.1 Å². The molecule has 3 unspecified atom stereocenters.